The van der Waals surface area contributed by atoms with E-state index in [4.69, 9.17) is 13.9 Å². The molecule has 5 nitrogen and oxygen atoms in total. The van der Waals surface area contributed by atoms with Crippen molar-refractivity contribution in [1.82, 2.24) is 0 Å². The third kappa shape index (κ3) is 15.7. The van der Waals surface area contributed by atoms with E-state index in [1.165, 1.54) is 0 Å². The fraction of sp³-hybridized carbons (Fsp3) is 1.00. The Kier molecular flexibility index (Phi) is 13.5. The van der Waals surface area contributed by atoms with Gasteiger partial charge >= 0.3 is 5.09 Å². The van der Waals surface area contributed by atoms with Gasteiger partial charge in [-0.25, -0.2) is 0 Å². The van der Waals surface area contributed by atoms with Gasteiger partial charge in [0, 0.05) is 0 Å². The lowest BCUT2D eigenvalue weighted by atomic mass is 10.1. The Hall–Kier alpha value is -0.780. The fourth-order valence-electron chi connectivity index (χ4n) is 0.763. The zero-order valence-electron chi connectivity index (χ0n) is 10.5. The summed E-state index contributed by atoms with van der Waals surface area (Å²) in [5.41, 5.74) is 0. The molecular formula is C10H22NO4S+. The molecule has 0 fully saturated rings. The van der Waals surface area contributed by atoms with E-state index in [9.17, 15) is 4.91 Å². The molecule has 6 heteroatoms. The maximum atomic E-state index is 10.9. The van der Waals surface area contributed by atoms with Crippen molar-refractivity contribution >= 4 is 12.5 Å². The molecule has 0 rings (SSSR count). The van der Waals surface area contributed by atoms with Crippen LogP contribution in [0.15, 0.2) is 0 Å². The molecule has 0 heterocycles. The topological polar surface area (TPSA) is 55.6 Å². The normalized spacial score (nSPS) is 9.62. The molecular weight excluding hydrogens is 230 g/mol. The predicted molar refractivity (Wildman–Crippen MR) is 62.6 cm³/mol. The van der Waals surface area contributed by atoms with Crippen molar-refractivity contribution in [2.24, 2.45) is 11.8 Å². The van der Waals surface area contributed by atoms with E-state index in [2.05, 4.69) is 40.2 Å². The van der Waals surface area contributed by atoms with Gasteiger partial charge in [-0.2, -0.15) is 13.9 Å². The van der Waals surface area contributed by atoms with E-state index in [1.54, 1.807) is 0 Å². The van der Waals surface area contributed by atoms with Crippen molar-refractivity contribution in [3.05, 3.63) is 4.91 Å². The van der Waals surface area contributed by atoms with E-state index < -0.39 is 0 Å². The first-order valence-corrected chi connectivity index (χ1v) is 5.75. The first-order chi connectivity index (χ1) is 7.52. The summed E-state index contributed by atoms with van der Waals surface area (Å²) < 4.78 is 7.83. The van der Waals surface area contributed by atoms with Crippen molar-refractivity contribution in [3.8, 4) is 0 Å². The Balaban J connectivity index is 0. The van der Waals surface area contributed by atoms with E-state index in [0.717, 1.165) is 12.8 Å². The maximum Gasteiger partial charge on any atom is 0.477 e. The summed E-state index contributed by atoms with van der Waals surface area (Å²) in [6.07, 6.45) is 1.73. The zero-order valence-corrected chi connectivity index (χ0v) is 11.3. The molecule has 0 aromatic heterocycles. The molecule has 0 atom stereocenters. The second kappa shape index (κ2) is 12.3. The smallest absolute Gasteiger partial charge is 0.197 e. The minimum absolute atomic E-state index is 0.227. The van der Waals surface area contributed by atoms with Crippen molar-refractivity contribution < 1.29 is 19.0 Å². The molecule has 0 aliphatic carbocycles. The highest BCUT2D eigenvalue weighted by molar-refractivity contribution is 7.44. The number of rotatable bonds is 8. The van der Waals surface area contributed by atoms with Gasteiger partial charge in [0.1, 0.15) is 4.91 Å². The van der Waals surface area contributed by atoms with Crippen LogP contribution in [-0.4, -0.2) is 22.5 Å². The van der Waals surface area contributed by atoms with Crippen molar-refractivity contribution in [1.29, 1.82) is 0 Å². The summed E-state index contributed by atoms with van der Waals surface area (Å²) in [5.74, 6) is 1.08. The number of hydrogen-bond acceptors (Lipinski definition) is 5. The summed E-state index contributed by atoms with van der Waals surface area (Å²) in [5, 5.41) is 0.227. The molecule has 0 spiro atoms. The largest absolute Gasteiger partial charge is 0.477 e. The van der Waals surface area contributed by atoms with Crippen LogP contribution in [0.4, 0.5) is 0 Å². The van der Waals surface area contributed by atoms with Gasteiger partial charge in [-0.1, -0.05) is 27.7 Å². The molecule has 0 aliphatic heterocycles. The molecule has 0 radical (unpaired) electrons. The molecule has 0 amide bonds. The molecule has 96 valence electrons. The first-order valence-electron chi connectivity index (χ1n) is 5.42. The van der Waals surface area contributed by atoms with E-state index in [0.29, 0.717) is 25.0 Å². The van der Waals surface area contributed by atoms with Crippen LogP contribution in [0.25, 0.3) is 0 Å². The highest BCUT2D eigenvalue weighted by Crippen LogP contribution is 2.01. The lowest BCUT2D eigenvalue weighted by molar-refractivity contribution is -0.981. The molecule has 0 aliphatic rings. The van der Waals surface area contributed by atoms with Gasteiger partial charge in [-0.15, -0.1) is 0 Å². The lowest BCUT2D eigenvalue weighted by Crippen LogP contribution is -2.14. The van der Waals surface area contributed by atoms with Crippen LogP contribution in [0.3, 0.4) is 0 Å². The van der Waals surface area contributed by atoms with Crippen molar-refractivity contribution in [2.75, 3.05) is 13.2 Å². The summed E-state index contributed by atoms with van der Waals surface area (Å²) in [7, 11) is 0. The Morgan fingerprint density at radius 2 is 1.25 bits per heavy atom. The lowest BCUT2D eigenvalue weighted by Gasteiger charge is -2.00. The van der Waals surface area contributed by atoms with Gasteiger partial charge in [0.2, 0.25) is 0 Å². The van der Waals surface area contributed by atoms with Gasteiger partial charge in [0.25, 0.3) is 0 Å². The summed E-state index contributed by atoms with van der Waals surface area (Å²) in [4.78, 5) is 20.5. The van der Waals surface area contributed by atoms with Gasteiger partial charge in [0.15, 0.2) is 25.7 Å². The summed E-state index contributed by atoms with van der Waals surface area (Å²) >= 11 is 2.83. The number of hydrogen-bond donors (Lipinski definition) is 0. The van der Waals surface area contributed by atoms with Crippen LogP contribution in [0, 0.1) is 16.7 Å². The average Bonchev–Trinajstić information content (AvgIpc) is 2.19. The standard InChI is InChI=1S/C10H22NO3.OS/c1-9(2)5-7-13-11(12)14-8-6-10(3)4;1-2/h9-10H,5-8H2,1-4H3;/q+1;. The second-order valence-electron chi connectivity index (χ2n) is 4.26. The zero-order chi connectivity index (χ0) is 13.0. The monoisotopic (exact) mass is 252 g/mol. The predicted octanol–water partition coefficient (Wildman–Crippen LogP) is 2.38. The molecule has 0 saturated heterocycles. The van der Waals surface area contributed by atoms with E-state index in [-0.39, 0.29) is 5.09 Å². The summed E-state index contributed by atoms with van der Waals surface area (Å²) in [6.45, 7) is 9.16. The van der Waals surface area contributed by atoms with Crippen molar-refractivity contribution in [2.45, 2.75) is 40.5 Å². The minimum atomic E-state index is 0.227. The quantitative estimate of drug-likeness (QED) is 0.621. The molecule has 0 bridgehead atoms. The summed E-state index contributed by atoms with van der Waals surface area (Å²) in [6, 6.07) is 0. The van der Waals surface area contributed by atoms with Crippen molar-refractivity contribution in [3.63, 3.8) is 0 Å². The molecule has 0 N–H and O–H groups in total. The van der Waals surface area contributed by atoms with Gasteiger partial charge in [0.05, 0.1) is 0 Å². The molecule has 0 unspecified atom stereocenters. The van der Waals surface area contributed by atoms with Crippen LogP contribution in [0.2, 0.25) is 0 Å². The maximum absolute atomic E-state index is 10.9. The Morgan fingerprint density at radius 1 is 0.938 bits per heavy atom. The Labute approximate surface area is 103 Å². The highest BCUT2D eigenvalue weighted by atomic mass is 32.1. The van der Waals surface area contributed by atoms with E-state index in [1.807, 2.05) is 0 Å². The van der Waals surface area contributed by atoms with Crippen LogP contribution >= 0.6 is 0 Å². The average molecular weight is 252 g/mol. The van der Waals surface area contributed by atoms with Crippen LogP contribution in [0.1, 0.15) is 40.5 Å². The minimum Gasteiger partial charge on any atom is -0.197 e. The third-order valence-electron chi connectivity index (χ3n) is 1.78. The van der Waals surface area contributed by atoms with Crippen LogP contribution < -0.4 is 0 Å². The first kappa shape index (κ1) is 17.6. The van der Waals surface area contributed by atoms with Crippen LogP contribution in [0.5, 0.6) is 0 Å². The fourth-order valence-corrected chi connectivity index (χ4v) is 0.763. The van der Waals surface area contributed by atoms with Crippen LogP contribution in [-0.2, 0) is 22.2 Å². The van der Waals surface area contributed by atoms with Gasteiger partial charge < -0.3 is 0 Å². The SMILES string of the molecule is CC(C)CCO[N+](=O)OCCC(C)C.O=S. The van der Waals surface area contributed by atoms with E-state index >= 15 is 0 Å². The second-order valence-corrected chi connectivity index (χ2v) is 4.26. The van der Waals surface area contributed by atoms with Gasteiger partial charge in [-0.3, -0.25) is 0 Å². The van der Waals surface area contributed by atoms with Gasteiger partial charge in [-0.05, 0) is 24.7 Å². The highest BCUT2D eigenvalue weighted by Gasteiger charge is 2.12. The Bertz CT molecular complexity index is 160. The Morgan fingerprint density at radius 3 is 1.50 bits per heavy atom. The third-order valence-corrected chi connectivity index (χ3v) is 1.78. The molecule has 16 heavy (non-hydrogen) atoms. The molecule has 0 aromatic carbocycles. The molecule has 0 saturated carbocycles. The molecule has 0 aromatic rings. The number of nitrogens with zero attached hydrogens (tertiary/aromatic N) is 1.